The molecule has 0 spiro atoms. The summed E-state index contributed by atoms with van der Waals surface area (Å²) < 4.78 is 13.0. The summed E-state index contributed by atoms with van der Waals surface area (Å²) in [7, 11) is 0. The monoisotopic (exact) mass is 338 g/mol. The third kappa shape index (κ3) is 3.07. The molecule has 0 aliphatic carbocycles. The second-order valence-corrected chi connectivity index (χ2v) is 5.61. The number of nitrogens with one attached hydrogen (secondary N) is 1. The van der Waals surface area contributed by atoms with Crippen LogP contribution < -0.4 is 10.1 Å². The van der Waals surface area contributed by atoms with Crippen molar-refractivity contribution in [2.75, 3.05) is 13.1 Å². The number of aromatic nitrogens is 3. The Hall–Kier alpha value is -2.90. The molecule has 0 aliphatic heterocycles. The quantitative estimate of drug-likeness (QED) is 0.525. The van der Waals surface area contributed by atoms with Gasteiger partial charge in [0.2, 0.25) is 12.2 Å². The Morgan fingerprint density at radius 1 is 1.28 bits per heavy atom. The molecule has 0 saturated carbocycles. The minimum absolute atomic E-state index is 0.313. The first-order valence-corrected chi connectivity index (χ1v) is 8.14. The number of imidazole rings is 1. The van der Waals surface area contributed by atoms with Gasteiger partial charge in [0.25, 0.3) is 0 Å². The Labute approximate surface area is 143 Å². The SMILES string of the molecule is CCNCC(O)Oc1ccc2ncc(-c3cc4ccccc4o3)n2n1. The average Bonchev–Trinajstić information content (AvgIpc) is 3.23. The lowest BCUT2D eigenvalue weighted by Gasteiger charge is -2.12. The number of para-hydroxylation sites is 1. The number of nitrogens with zero attached hydrogens (tertiary/aromatic N) is 3. The lowest BCUT2D eigenvalue weighted by Crippen LogP contribution is -2.31. The fourth-order valence-corrected chi connectivity index (χ4v) is 2.64. The van der Waals surface area contributed by atoms with Crippen LogP contribution in [0.4, 0.5) is 0 Å². The van der Waals surface area contributed by atoms with Crippen LogP contribution in [0.15, 0.2) is 53.1 Å². The summed E-state index contributed by atoms with van der Waals surface area (Å²) in [6, 6.07) is 13.2. The normalized spacial score (nSPS) is 12.7. The molecule has 128 valence electrons. The Morgan fingerprint density at radius 2 is 2.16 bits per heavy atom. The number of hydrogen-bond donors (Lipinski definition) is 2. The highest BCUT2D eigenvalue weighted by Gasteiger charge is 2.14. The van der Waals surface area contributed by atoms with Crippen LogP contribution in [0.1, 0.15) is 6.92 Å². The number of hydrogen-bond acceptors (Lipinski definition) is 6. The van der Waals surface area contributed by atoms with E-state index in [4.69, 9.17) is 9.15 Å². The van der Waals surface area contributed by atoms with Gasteiger partial charge in [0.1, 0.15) is 11.3 Å². The first-order chi connectivity index (χ1) is 12.2. The van der Waals surface area contributed by atoms with Gasteiger partial charge in [-0.2, -0.15) is 0 Å². The van der Waals surface area contributed by atoms with Crippen LogP contribution in [0, 0.1) is 0 Å². The van der Waals surface area contributed by atoms with Gasteiger partial charge < -0.3 is 19.6 Å². The number of aliphatic hydroxyl groups is 1. The van der Waals surface area contributed by atoms with E-state index in [0.717, 1.165) is 23.2 Å². The van der Waals surface area contributed by atoms with Gasteiger partial charge in [-0.1, -0.05) is 25.1 Å². The van der Waals surface area contributed by atoms with Crippen molar-refractivity contribution >= 4 is 16.6 Å². The largest absolute Gasteiger partial charge is 0.454 e. The average molecular weight is 338 g/mol. The fourth-order valence-electron chi connectivity index (χ4n) is 2.64. The van der Waals surface area contributed by atoms with E-state index in [0.29, 0.717) is 23.8 Å². The smallest absolute Gasteiger partial charge is 0.234 e. The van der Waals surface area contributed by atoms with Crippen LogP contribution in [0.2, 0.25) is 0 Å². The molecule has 0 saturated heterocycles. The maximum Gasteiger partial charge on any atom is 0.234 e. The standard InChI is InChI=1S/C18H18N4O3/c1-2-19-11-18(23)25-17-8-7-16-20-10-13(22(16)21-17)15-9-12-5-3-4-6-14(12)24-15/h3-10,18-19,23H,2,11H2,1H3. The molecule has 4 aromatic rings. The molecule has 7 heteroatoms. The van der Waals surface area contributed by atoms with Gasteiger partial charge in [-0.05, 0) is 24.7 Å². The molecule has 4 rings (SSSR count). The Balaban J connectivity index is 1.68. The van der Waals surface area contributed by atoms with Gasteiger partial charge in [-0.25, -0.2) is 9.50 Å². The van der Waals surface area contributed by atoms with Crippen LogP contribution in [0.25, 0.3) is 28.1 Å². The van der Waals surface area contributed by atoms with Gasteiger partial charge in [0.05, 0.1) is 12.7 Å². The Kier molecular flexibility index (Phi) is 4.09. The second-order valence-electron chi connectivity index (χ2n) is 5.61. The van der Waals surface area contributed by atoms with E-state index in [2.05, 4.69) is 15.4 Å². The van der Waals surface area contributed by atoms with E-state index in [1.54, 1.807) is 22.8 Å². The van der Waals surface area contributed by atoms with Crippen molar-refractivity contribution in [3.8, 4) is 17.3 Å². The van der Waals surface area contributed by atoms with Crippen molar-refractivity contribution < 1.29 is 14.3 Å². The van der Waals surface area contributed by atoms with Gasteiger partial charge in [0.15, 0.2) is 11.4 Å². The Bertz CT molecular complexity index is 975. The molecule has 7 nitrogen and oxygen atoms in total. The predicted octanol–water partition coefficient (Wildman–Crippen LogP) is 2.45. The number of aliphatic hydroxyl groups excluding tert-OH is 1. The minimum Gasteiger partial charge on any atom is -0.454 e. The fraction of sp³-hybridized carbons (Fsp3) is 0.222. The third-order valence-corrected chi connectivity index (χ3v) is 3.84. The van der Waals surface area contributed by atoms with Crippen molar-refractivity contribution in [1.29, 1.82) is 0 Å². The summed E-state index contributed by atoms with van der Waals surface area (Å²) in [6.07, 6.45) is 0.738. The van der Waals surface area contributed by atoms with E-state index >= 15 is 0 Å². The maximum absolute atomic E-state index is 9.87. The molecule has 3 heterocycles. The van der Waals surface area contributed by atoms with Crippen LogP contribution in [-0.4, -0.2) is 39.1 Å². The number of fused-ring (bicyclic) bond motifs is 2. The lowest BCUT2D eigenvalue weighted by molar-refractivity contribution is -0.0187. The molecule has 0 amide bonds. The van der Waals surface area contributed by atoms with Crippen molar-refractivity contribution in [1.82, 2.24) is 19.9 Å². The number of benzene rings is 1. The van der Waals surface area contributed by atoms with E-state index in [9.17, 15) is 5.11 Å². The summed E-state index contributed by atoms with van der Waals surface area (Å²) in [5, 5.41) is 18.3. The Morgan fingerprint density at radius 3 is 3.00 bits per heavy atom. The van der Waals surface area contributed by atoms with E-state index in [-0.39, 0.29) is 0 Å². The zero-order chi connectivity index (χ0) is 17.2. The van der Waals surface area contributed by atoms with Crippen LogP contribution in [-0.2, 0) is 0 Å². The molecule has 1 unspecified atom stereocenters. The van der Waals surface area contributed by atoms with E-state index in [1.807, 2.05) is 37.3 Å². The van der Waals surface area contributed by atoms with Crippen molar-refractivity contribution in [2.24, 2.45) is 0 Å². The molecule has 0 fully saturated rings. The minimum atomic E-state index is -0.969. The summed E-state index contributed by atoms with van der Waals surface area (Å²) in [6.45, 7) is 3.04. The first kappa shape index (κ1) is 15.6. The van der Waals surface area contributed by atoms with Crippen molar-refractivity contribution in [2.45, 2.75) is 13.2 Å². The third-order valence-electron chi connectivity index (χ3n) is 3.84. The number of likely N-dealkylation sites (N-methyl/N-ethyl adjacent to an activating group) is 1. The molecule has 0 aliphatic rings. The molecule has 1 atom stereocenters. The lowest BCUT2D eigenvalue weighted by atomic mass is 10.2. The van der Waals surface area contributed by atoms with Crippen LogP contribution in [0.3, 0.4) is 0 Å². The van der Waals surface area contributed by atoms with Crippen LogP contribution >= 0.6 is 0 Å². The zero-order valence-corrected chi connectivity index (χ0v) is 13.7. The summed E-state index contributed by atoms with van der Waals surface area (Å²) in [5.74, 6) is 0.986. The van der Waals surface area contributed by atoms with Gasteiger partial charge in [-0.3, -0.25) is 0 Å². The molecule has 0 bridgehead atoms. The highest BCUT2D eigenvalue weighted by molar-refractivity contribution is 5.82. The molecule has 3 aromatic heterocycles. The number of furan rings is 1. The van der Waals surface area contributed by atoms with E-state index in [1.165, 1.54) is 0 Å². The molecule has 1 aromatic carbocycles. The van der Waals surface area contributed by atoms with Gasteiger partial charge >= 0.3 is 0 Å². The van der Waals surface area contributed by atoms with E-state index < -0.39 is 6.29 Å². The summed E-state index contributed by atoms with van der Waals surface area (Å²) in [4.78, 5) is 4.35. The molecule has 0 radical (unpaired) electrons. The van der Waals surface area contributed by atoms with Gasteiger partial charge in [-0.15, -0.1) is 5.10 Å². The molecule has 25 heavy (non-hydrogen) atoms. The molecular formula is C18H18N4O3. The number of rotatable bonds is 6. The summed E-state index contributed by atoms with van der Waals surface area (Å²) in [5.41, 5.74) is 2.20. The summed E-state index contributed by atoms with van der Waals surface area (Å²) >= 11 is 0. The van der Waals surface area contributed by atoms with Crippen molar-refractivity contribution in [3.05, 3.63) is 48.7 Å². The van der Waals surface area contributed by atoms with Gasteiger partial charge in [0, 0.05) is 11.5 Å². The highest BCUT2D eigenvalue weighted by Crippen LogP contribution is 2.28. The maximum atomic E-state index is 9.87. The molecular weight excluding hydrogens is 320 g/mol. The topological polar surface area (TPSA) is 84.8 Å². The second kappa shape index (κ2) is 6.54. The number of ether oxygens (including phenoxy) is 1. The predicted molar refractivity (Wildman–Crippen MR) is 93.4 cm³/mol. The van der Waals surface area contributed by atoms with Crippen LogP contribution in [0.5, 0.6) is 5.88 Å². The van der Waals surface area contributed by atoms with Crippen molar-refractivity contribution in [3.63, 3.8) is 0 Å². The zero-order valence-electron chi connectivity index (χ0n) is 13.7. The first-order valence-electron chi connectivity index (χ1n) is 8.14. The highest BCUT2D eigenvalue weighted by atomic mass is 16.6. The molecule has 2 N–H and O–H groups in total.